The molecule has 0 radical (unpaired) electrons. The third-order valence-corrected chi connectivity index (χ3v) is 3.79. The van der Waals surface area contributed by atoms with Crippen LogP contribution < -0.4 is 0 Å². The summed E-state index contributed by atoms with van der Waals surface area (Å²) in [7, 11) is 0. The zero-order valence-electron chi connectivity index (χ0n) is 14.1. The molecular weight excluding hydrogens is 296 g/mol. The van der Waals surface area contributed by atoms with Crippen molar-refractivity contribution in [1.29, 1.82) is 0 Å². The van der Waals surface area contributed by atoms with E-state index < -0.39 is 0 Å². The molecule has 0 fully saturated rings. The number of aromatic nitrogens is 4. The number of halogens is 1. The Kier molecular flexibility index (Phi) is 5.68. The maximum Gasteiger partial charge on any atom is 0.0785 e. The predicted octanol–water partition coefficient (Wildman–Crippen LogP) is 4.44. The molecule has 0 spiro atoms. The summed E-state index contributed by atoms with van der Waals surface area (Å²) in [4.78, 5) is 0. The summed E-state index contributed by atoms with van der Waals surface area (Å²) in [5.41, 5.74) is 1.48. The van der Waals surface area contributed by atoms with Crippen LogP contribution in [0.4, 0.5) is 0 Å². The molecule has 2 aromatic rings. The monoisotopic (exact) mass is 322 g/mol. The molecule has 122 valence electrons. The summed E-state index contributed by atoms with van der Waals surface area (Å²) in [5.74, 6) is 0.584. The number of hydrogen-bond acceptors (Lipinski definition) is 2. The smallest absolute Gasteiger partial charge is 0.0785 e. The van der Waals surface area contributed by atoms with Gasteiger partial charge in [0, 0.05) is 25.5 Å². The first-order valence-corrected chi connectivity index (χ1v) is 8.40. The lowest BCUT2D eigenvalue weighted by atomic mass is 9.91. The first-order valence-electron chi connectivity index (χ1n) is 8.02. The van der Waals surface area contributed by atoms with E-state index in [1.165, 1.54) is 5.69 Å². The molecule has 0 aromatic carbocycles. The Hall–Kier alpha value is -1.29. The van der Waals surface area contributed by atoms with Gasteiger partial charge < -0.3 is 0 Å². The van der Waals surface area contributed by atoms with Gasteiger partial charge in [-0.1, -0.05) is 39.3 Å². The van der Waals surface area contributed by atoms with Crippen molar-refractivity contribution in [1.82, 2.24) is 19.6 Å². The molecule has 4 nitrogen and oxygen atoms in total. The van der Waals surface area contributed by atoms with Crippen LogP contribution in [0.25, 0.3) is 0 Å². The van der Waals surface area contributed by atoms with E-state index in [9.17, 15) is 0 Å². The molecule has 0 aliphatic carbocycles. The molecule has 1 unspecified atom stereocenters. The van der Waals surface area contributed by atoms with Gasteiger partial charge in [0.1, 0.15) is 0 Å². The molecule has 1 atom stereocenters. The molecule has 2 heterocycles. The lowest BCUT2D eigenvalue weighted by molar-refractivity contribution is 0.389. The van der Waals surface area contributed by atoms with Crippen LogP contribution in [0.15, 0.2) is 24.7 Å². The van der Waals surface area contributed by atoms with E-state index in [4.69, 9.17) is 11.6 Å². The molecule has 5 heteroatoms. The van der Waals surface area contributed by atoms with Crippen molar-refractivity contribution < 1.29 is 0 Å². The van der Waals surface area contributed by atoms with E-state index in [1.807, 2.05) is 10.9 Å². The Labute approximate surface area is 138 Å². The molecular formula is C17H27ClN4. The molecule has 2 aromatic heterocycles. The van der Waals surface area contributed by atoms with E-state index in [2.05, 4.69) is 54.8 Å². The molecule has 0 amide bonds. The average molecular weight is 323 g/mol. The summed E-state index contributed by atoms with van der Waals surface area (Å²) >= 11 is 5.88. The maximum atomic E-state index is 5.88. The summed E-state index contributed by atoms with van der Waals surface area (Å²) in [6.07, 6.45) is 8.98. The lowest BCUT2D eigenvalue weighted by Gasteiger charge is -2.15. The van der Waals surface area contributed by atoms with Crippen molar-refractivity contribution in [2.24, 2.45) is 11.3 Å². The lowest BCUT2D eigenvalue weighted by Crippen LogP contribution is -2.11. The van der Waals surface area contributed by atoms with Gasteiger partial charge in [-0.15, -0.1) is 0 Å². The molecule has 0 N–H and O–H groups in total. The van der Waals surface area contributed by atoms with Crippen LogP contribution >= 0.6 is 11.6 Å². The van der Waals surface area contributed by atoms with Crippen molar-refractivity contribution in [2.45, 2.75) is 60.0 Å². The van der Waals surface area contributed by atoms with E-state index >= 15 is 0 Å². The second-order valence-corrected chi connectivity index (χ2v) is 7.87. The summed E-state index contributed by atoms with van der Waals surface area (Å²) in [5, 5.41) is 9.59. The van der Waals surface area contributed by atoms with Gasteiger partial charge >= 0.3 is 0 Å². The van der Waals surface area contributed by atoms with Crippen LogP contribution in [0.3, 0.4) is 0 Å². The standard InChI is InChI=1S/C17H27ClN4/c1-14(12-22-13-15(18)11-19-22)6-5-8-21-9-7-16(20-21)10-17(2,3)4/h7,9,11,13-14H,5-6,8,10,12H2,1-4H3. The summed E-state index contributed by atoms with van der Waals surface area (Å²) in [6.45, 7) is 10.9. The Balaban J connectivity index is 1.72. The van der Waals surface area contributed by atoms with Gasteiger partial charge in [0.05, 0.1) is 16.9 Å². The quantitative estimate of drug-likeness (QED) is 0.755. The van der Waals surface area contributed by atoms with Gasteiger partial charge in [-0.3, -0.25) is 9.36 Å². The van der Waals surface area contributed by atoms with Gasteiger partial charge in [0.25, 0.3) is 0 Å². The Morgan fingerprint density at radius 3 is 2.68 bits per heavy atom. The largest absolute Gasteiger partial charge is 0.272 e. The van der Waals surface area contributed by atoms with Crippen molar-refractivity contribution in [3.63, 3.8) is 0 Å². The number of aryl methyl sites for hydroxylation is 1. The topological polar surface area (TPSA) is 35.6 Å². The first kappa shape index (κ1) is 17.1. The van der Waals surface area contributed by atoms with Gasteiger partial charge in [0.2, 0.25) is 0 Å². The van der Waals surface area contributed by atoms with Gasteiger partial charge in [0.15, 0.2) is 0 Å². The number of rotatable bonds is 7. The highest BCUT2D eigenvalue weighted by atomic mass is 35.5. The first-order chi connectivity index (χ1) is 10.3. The van der Waals surface area contributed by atoms with Crippen LogP contribution in [0.1, 0.15) is 46.2 Å². The SMILES string of the molecule is CC(CCCn1ccc(CC(C)(C)C)n1)Cn1cc(Cl)cn1. The van der Waals surface area contributed by atoms with E-state index in [-0.39, 0.29) is 0 Å². The van der Waals surface area contributed by atoms with E-state index in [0.29, 0.717) is 16.4 Å². The molecule has 0 saturated heterocycles. The molecule has 0 aliphatic rings. The molecule has 2 rings (SSSR count). The van der Waals surface area contributed by atoms with Gasteiger partial charge in [-0.05, 0) is 36.7 Å². The number of nitrogens with zero attached hydrogens (tertiary/aromatic N) is 4. The summed E-state index contributed by atoms with van der Waals surface area (Å²) in [6, 6.07) is 2.14. The van der Waals surface area contributed by atoms with E-state index in [0.717, 1.165) is 32.4 Å². The van der Waals surface area contributed by atoms with Gasteiger partial charge in [-0.2, -0.15) is 10.2 Å². The Morgan fingerprint density at radius 1 is 1.27 bits per heavy atom. The second-order valence-electron chi connectivity index (χ2n) is 7.44. The maximum absolute atomic E-state index is 5.88. The zero-order chi connectivity index (χ0) is 16.2. The fourth-order valence-corrected chi connectivity index (χ4v) is 2.77. The third kappa shape index (κ3) is 5.84. The number of hydrogen-bond donors (Lipinski definition) is 0. The van der Waals surface area contributed by atoms with Crippen molar-refractivity contribution in [3.05, 3.63) is 35.4 Å². The predicted molar refractivity (Wildman–Crippen MR) is 91.0 cm³/mol. The van der Waals surface area contributed by atoms with Crippen LogP contribution in [-0.4, -0.2) is 19.6 Å². The van der Waals surface area contributed by atoms with Crippen LogP contribution in [0.5, 0.6) is 0 Å². The van der Waals surface area contributed by atoms with Gasteiger partial charge in [-0.25, -0.2) is 0 Å². The highest BCUT2D eigenvalue weighted by molar-refractivity contribution is 6.30. The molecule has 22 heavy (non-hydrogen) atoms. The molecule has 0 saturated carbocycles. The van der Waals surface area contributed by atoms with E-state index in [1.54, 1.807) is 6.20 Å². The minimum absolute atomic E-state index is 0.290. The minimum atomic E-state index is 0.290. The van der Waals surface area contributed by atoms with Crippen LogP contribution in [0.2, 0.25) is 5.02 Å². The van der Waals surface area contributed by atoms with Crippen molar-refractivity contribution >= 4 is 11.6 Å². The highest BCUT2D eigenvalue weighted by Crippen LogP contribution is 2.19. The third-order valence-electron chi connectivity index (χ3n) is 3.59. The zero-order valence-corrected chi connectivity index (χ0v) is 14.8. The Bertz CT molecular complexity index is 579. The minimum Gasteiger partial charge on any atom is -0.272 e. The van der Waals surface area contributed by atoms with Crippen LogP contribution in [-0.2, 0) is 19.5 Å². The van der Waals surface area contributed by atoms with Crippen molar-refractivity contribution in [3.8, 4) is 0 Å². The fraction of sp³-hybridized carbons (Fsp3) is 0.647. The highest BCUT2D eigenvalue weighted by Gasteiger charge is 2.13. The average Bonchev–Trinajstić information content (AvgIpc) is 2.97. The normalized spacial score (nSPS) is 13.5. The van der Waals surface area contributed by atoms with Crippen LogP contribution in [0, 0.1) is 11.3 Å². The Morgan fingerprint density at radius 2 is 2.05 bits per heavy atom. The second kappa shape index (κ2) is 7.32. The van der Waals surface area contributed by atoms with Crippen molar-refractivity contribution in [2.75, 3.05) is 0 Å². The fourth-order valence-electron chi connectivity index (χ4n) is 2.62. The summed E-state index contributed by atoms with van der Waals surface area (Å²) < 4.78 is 3.99. The molecule has 0 bridgehead atoms. The molecule has 0 aliphatic heterocycles.